The maximum atomic E-state index is 11.5. The monoisotopic (exact) mass is 362 g/mol. The molecule has 0 saturated carbocycles. The number of esters is 1. The molecule has 1 heterocycles. The summed E-state index contributed by atoms with van der Waals surface area (Å²) in [5, 5.41) is 3.20. The molecule has 1 N–H and O–H groups in total. The van der Waals surface area contributed by atoms with Crippen LogP contribution in [0.3, 0.4) is 0 Å². The molecule has 0 aliphatic rings. The van der Waals surface area contributed by atoms with Gasteiger partial charge in [-0.1, -0.05) is 18.2 Å². The number of aryl methyl sites for hydroxylation is 1. The van der Waals surface area contributed by atoms with Crippen LogP contribution in [-0.2, 0) is 4.74 Å². The van der Waals surface area contributed by atoms with Gasteiger partial charge >= 0.3 is 5.97 Å². The zero-order valence-electron chi connectivity index (χ0n) is 15.6. The van der Waals surface area contributed by atoms with Crippen LogP contribution >= 0.6 is 0 Å². The van der Waals surface area contributed by atoms with Crippen LogP contribution in [-0.4, -0.2) is 29.6 Å². The topological polar surface area (TPSA) is 67.4 Å². The number of hydrogen-bond donors (Lipinski definition) is 1. The molecule has 0 unspecified atom stereocenters. The average molecular weight is 362 g/mol. The lowest BCUT2D eigenvalue weighted by molar-refractivity contribution is 0.0601. The number of carbonyl (C=O) groups is 1. The molecule has 0 bridgehead atoms. The predicted molar refractivity (Wildman–Crippen MR) is 107 cm³/mol. The van der Waals surface area contributed by atoms with Crippen LogP contribution in [0.4, 0.5) is 23.1 Å². The molecule has 0 amide bonds. The minimum absolute atomic E-state index is 0.364. The second-order valence-electron chi connectivity index (χ2n) is 5.96. The third-order valence-corrected chi connectivity index (χ3v) is 4.06. The van der Waals surface area contributed by atoms with Crippen molar-refractivity contribution >= 4 is 29.1 Å². The summed E-state index contributed by atoms with van der Waals surface area (Å²) in [6, 6.07) is 19.1. The third-order valence-electron chi connectivity index (χ3n) is 4.06. The molecule has 0 atom stereocenters. The third kappa shape index (κ3) is 4.41. The van der Waals surface area contributed by atoms with Gasteiger partial charge in [-0.05, 0) is 50.2 Å². The van der Waals surface area contributed by atoms with E-state index in [-0.39, 0.29) is 5.97 Å². The number of benzene rings is 2. The van der Waals surface area contributed by atoms with Gasteiger partial charge in [0.2, 0.25) is 5.95 Å². The largest absolute Gasteiger partial charge is 0.465 e. The number of anilines is 4. The number of para-hydroxylation sites is 1. The first-order valence-electron chi connectivity index (χ1n) is 8.74. The van der Waals surface area contributed by atoms with Crippen LogP contribution < -0.4 is 10.2 Å². The van der Waals surface area contributed by atoms with Gasteiger partial charge in [-0.15, -0.1) is 0 Å². The van der Waals surface area contributed by atoms with Gasteiger partial charge in [0.15, 0.2) is 0 Å². The maximum absolute atomic E-state index is 11.5. The van der Waals surface area contributed by atoms with Crippen molar-refractivity contribution in [1.29, 1.82) is 0 Å². The fraction of sp³-hybridized carbons (Fsp3) is 0.190. The lowest BCUT2D eigenvalue weighted by Gasteiger charge is -2.23. The van der Waals surface area contributed by atoms with Gasteiger partial charge in [-0.25, -0.2) is 9.78 Å². The second kappa shape index (κ2) is 8.31. The summed E-state index contributed by atoms with van der Waals surface area (Å²) in [6.07, 6.45) is 0. The van der Waals surface area contributed by atoms with E-state index in [0.717, 1.165) is 29.4 Å². The molecule has 138 valence electrons. The molecular weight excluding hydrogens is 340 g/mol. The van der Waals surface area contributed by atoms with E-state index in [2.05, 4.69) is 39.2 Å². The molecule has 3 aromatic rings. The molecule has 0 aliphatic heterocycles. The summed E-state index contributed by atoms with van der Waals surface area (Å²) in [7, 11) is 1.36. The molecule has 3 rings (SSSR count). The highest BCUT2D eigenvalue weighted by Gasteiger charge is 2.12. The molecule has 0 aliphatic carbocycles. The summed E-state index contributed by atoms with van der Waals surface area (Å²) < 4.78 is 4.72. The van der Waals surface area contributed by atoms with Gasteiger partial charge in [0, 0.05) is 29.7 Å². The van der Waals surface area contributed by atoms with E-state index in [0.29, 0.717) is 11.5 Å². The normalized spacial score (nSPS) is 10.3. The Morgan fingerprint density at radius 3 is 2.41 bits per heavy atom. The lowest BCUT2D eigenvalue weighted by Crippen LogP contribution is -2.18. The average Bonchev–Trinajstić information content (AvgIpc) is 2.69. The molecule has 0 fully saturated rings. The molecule has 0 radical (unpaired) electrons. The Labute approximate surface area is 158 Å². The van der Waals surface area contributed by atoms with E-state index >= 15 is 0 Å². The number of nitrogens with one attached hydrogen (secondary N) is 1. The Hall–Kier alpha value is -3.41. The molecule has 27 heavy (non-hydrogen) atoms. The van der Waals surface area contributed by atoms with Crippen molar-refractivity contribution in [2.75, 3.05) is 23.9 Å². The molecule has 0 spiro atoms. The molecule has 2 aromatic carbocycles. The Morgan fingerprint density at radius 2 is 1.78 bits per heavy atom. The highest BCUT2D eigenvalue weighted by Crippen LogP contribution is 2.25. The standard InChI is InChI=1S/C21H22N4O2/c1-4-25(18-8-6-5-7-9-18)19-14-15(2)22-21(24-19)23-17-12-10-16(11-13-17)20(26)27-3/h5-14H,4H2,1-3H3,(H,22,23,24). The van der Waals surface area contributed by atoms with Crippen LogP contribution in [0.15, 0.2) is 60.7 Å². The van der Waals surface area contributed by atoms with Gasteiger partial charge in [0.05, 0.1) is 12.7 Å². The Bertz CT molecular complexity index is 911. The minimum Gasteiger partial charge on any atom is -0.465 e. The number of ether oxygens (including phenoxy) is 1. The number of rotatable bonds is 6. The molecule has 0 saturated heterocycles. The van der Waals surface area contributed by atoms with Crippen molar-refractivity contribution in [3.63, 3.8) is 0 Å². The van der Waals surface area contributed by atoms with E-state index < -0.39 is 0 Å². The van der Waals surface area contributed by atoms with Crippen LogP contribution in [0.2, 0.25) is 0 Å². The van der Waals surface area contributed by atoms with Gasteiger partial charge in [-0.3, -0.25) is 0 Å². The van der Waals surface area contributed by atoms with Crippen molar-refractivity contribution in [2.24, 2.45) is 0 Å². The van der Waals surface area contributed by atoms with Gasteiger partial charge in [-0.2, -0.15) is 4.98 Å². The minimum atomic E-state index is -0.364. The summed E-state index contributed by atoms with van der Waals surface area (Å²) in [5.74, 6) is 0.965. The first-order valence-corrected chi connectivity index (χ1v) is 8.74. The van der Waals surface area contributed by atoms with Crippen LogP contribution in [0.1, 0.15) is 23.0 Å². The van der Waals surface area contributed by atoms with Crippen LogP contribution in [0, 0.1) is 6.92 Å². The Kier molecular flexibility index (Phi) is 5.66. The Morgan fingerprint density at radius 1 is 1.07 bits per heavy atom. The number of aromatic nitrogens is 2. The van der Waals surface area contributed by atoms with E-state index in [1.54, 1.807) is 24.3 Å². The van der Waals surface area contributed by atoms with Crippen molar-refractivity contribution in [3.05, 3.63) is 71.9 Å². The molecule has 1 aromatic heterocycles. The van der Waals surface area contributed by atoms with Crippen LogP contribution in [0.5, 0.6) is 0 Å². The van der Waals surface area contributed by atoms with Gasteiger partial charge in [0.25, 0.3) is 0 Å². The highest BCUT2D eigenvalue weighted by molar-refractivity contribution is 5.89. The first-order chi connectivity index (χ1) is 13.1. The first kappa shape index (κ1) is 18.4. The molecular formula is C21H22N4O2. The number of carbonyl (C=O) groups excluding carboxylic acids is 1. The van der Waals surface area contributed by atoms with Gasteiger partial charge < -0.3 is 15.0 Å². The van der Waals surface area contributed by atoms with Crippen molar-refractivity contribution in [1.82, 2.24) is 9.97 Å². The predicted octanol–water partition coefficient (Wildman–Crippen LogP) is 4.47. The molecule has 6 heteroatoms. The smallest absolute Gasteiger partial charge is 0.337 e. The molecule has 6 nitrogen and oxygen atoms in total. The lowest BCUT2D eigenvalue weighted by atomic mass is 10.2. The van der Waals surface area contributed by atoms with Crippen molar-refractivity contribution < 1.29 is 9.53 Å². The summed E-state index contributed by atoms with van der Waals surface area (Å²) >= 11 is 0. The Balaban J connectivity index is 1.86. The summed E-state index contributed by atoms with van der Waals surface area (Å²) in [4.78, 5) is 22.8. The second-order valence-corrected chi connectivity index (χ2v) is 5.96. The number of hydrogen-bond acceptors (Lipinski definition) is 6. The maximum Gasteiger partial charge on any atom is 0.337 e. The van der Waals surface area contributed by atoms with E-state index in [4.69, 9.17) is 4.74 Å². The number of methoxy groups -OCH3 is 1. The van der Waals surface area contributed by atoms with E-state index in [1.165, 1.54) is 7.11 Å². The number of nitrogens with zero attached hydrogens (tertiary/aromatic N) is 3. The van der Waals surface area contributed by atoms with E-state index in [9.17, 15) is 4.79 Å². The van der Waals surface area contributed by atoms with Crippen molar-refractivity contribution in [3.8, 4) is 0 Å². The zero-order chi connectivity index (χ0) is 19.2. The SMILES string of the molecule is CCN(c1ccccc1)c1cc(C)nc(Nc2ccc(C(=O)OC)cc2)n1. The van der Waals surface area contributed by atoms with Crippen molar-refractivity contribution in [2.45, 2.75) is 13.8 Å². The quantitative estimate of drug-likeness (QED) is 0.653. The zero-order valence-corrected chi connectivity index (χ0v) is 15.6. The van der Waals surface area contributed by atoms with Crippen LogP contribution in [0.25, 0.3) is 0 Å². The van der Waals surface area contributed by atoms with Gasteiger partial charge in [0.1, 0.15) is 5.82 Å². The highest BCUT2D eigenvalue weighted by atomic mass is 16.5. The summed E-state index contributed by atoms with van der Waals surface area (Å²) in [6.45, 7) is 4.81. The van der Waals surface area contributed by atoms with E-state index in [1.807, 2.05) is 31.2 Å². The fourth-order valence-corrected chi connectivity index (χ4v) is 2.77. The summed E-state index contributed by atoms with van der Waals surface area (Å²) in [5.41, 5.74) is 3.23. The fourth-order valence-electron chi connectivity index (χ4n) is 2.77.